The van der Waals surface area contributed by atoms with Crippen molar-refractivity contribution in [1.29, 1.82) is 0 Å². The molecule has 1 aliphatic heterocycles. The molecule has 0 atom stereocenters. The molecule has 132 valence electrons. The summed E-state index contributed by atoms with van der Waals surface area (Å²) in [6.45, 7) is 3.23. The molecule has 0 N–H and O–H groups in total. The van der Waals surface area contributed by atoms with Gasteiger partial charge in [0.25, 0.3) is 0 Å². The molecule has 0 radical (unpaired) electrons. The maximum Gasteiger partial charge on any atom is 0.157 e. The van der Waals surface area contributed by atoms with Crippen LogP contribution in [0.4, 0.5) is 0 Å². The van der Waals surface area contributed by atoms with Crippen LogP contribution in [0.2, 0.25) is 15.1 Å². The van der Waals surface area contributed by atoms with Crippen LogP contribution in [0, 0.1) is 0 Å². The molecule has 2 aromatic carbocycles. The van der Waals surface area contributed by atoms with Crippen molar-refractivity contribution in [2.45, 2.75) is 6.61 Å². The van der Waals surface area contributed by atoms with Gasteiger partial charge in [-0.25, -0.2) is 0 Å². The topological polar surface area (TPSA) is 21.7 Å². The third-order valence-corrected chi connectivity index (χ3v) is 5.15. The second-order valence-corrected chi connectivity index (χ2v) is 7.23. The van der Waals surface area contributed by atoms with E-state index in [0.717, 1.165) is 29.2 Å². The number of benzene rings is 2. The van der Waals surface area contributed by atoms with Crippen LogP contribution in [0.3, 0.4) is 0 Å². The Hall–Kier alpha value is -1.04. The number of thiocarbonyl (C=S) groups is 1. The van der Waals surface area contributed by atoms with E-state index in [2.05, 4.69) is 4.90 Å². The van der Waals surface area contributed by atoms with Crippen molar-refractivity contribution in [1.82, 2.24) is 4.90 Å². The van der Waals surface area contributed by atoms with Crippen LogP contribution in [0.5, 0.6) is 5.75 Å². The molecule has 0 aromatic heterocycles. The summed E-state index contributed by atoms with van der Waals surface area (Å²) >= 11 is 24.2. The zero-order valence-corrected chi connectivity index (χ0v) is 16.4. The summed E-state index contributed by atoms with van der Waals surface area (Å²) in [6, 6.07) is 11.0. The summed E-state index contributed by atoms with van der Waals surface area (Å²) in [5.41, 5.74) is 1.79. The van der Waals surface area contributed by atoms with Crippen molar-refractivity contribution in [2.24, 2.45) is 0 Å². The van der Waals surface area contributed by atoms with E-state index in [4.69, 9.17) is 56.5 Å². The van der Waals surface area contributed by atoms with Gasteiger partial charge < -0.3 is 14.4 Å². The number of nitrogens with zero attached hydrogens (tertiary/aromatic N) is 1. The molecule has 1 fully saturated rings. The minimum Gasteiger partial charge on any atom is -0.486 e. The Labute approximate surface area is 167 Å². The van der Waals surface area contributed by atoms with Gasteiger partial charge in [-0.2, -0.15) is 0 Å². The molecule has 2 aromatic rings. The molecule has 7 heteroatoms. The maximum atomic E-state index is 6.38. The molecular formula is C18H16Cl3NO2S. The third kappa shape index (κ3) is 4.78. The Balaban J connectivity index is 1.73. The fraction of sp³-hybridized carbons (Fsp3) is 0.278. The number of hydrogen-bond acceptors (Lipinski definition) is 3. The van der Waals surface area contributed by atoms with E-state index in [0.29, 0.717) is 40.6 Å². The van der Waals surface area contributed by atoms with E-state index < -0.39 is 0 Å². The smallest absolute Gasteiger partial charge is 0.157 e. The standard InChI is InChI=1S/C18H16Cl3NO2S/c19-14-3-1-12(2-4-14)11-24-17-15(20)9-13(10-16(17)21)18(25)22-5-7-23-8-6-22/h1-4,9-10H,5-8,11H2. The number of morpholine rings is 1. The highest BCUT2D eigenvalue weighted by molar-refractivity contribution is 7.80. The zero-order chi connectivity index (χ0) is 17.8. The monoisotopic (exact) mass is 415 g/mol. The Morgan fingerprint density at radius 2 is 1.64 bits per heavy atom. The quantitative estimate of drug-likeness (QED) is 0.636. The van der Waals surface area contributed by atoms with Gasteiger partial charge in [0.2, 0.25) is 0 Å². The fourth-order valence-corrected chi connectivity index (χ4v) is 3.53. The number of hydrogen-bond donors (Lipinski definition) is 0. The van der Waals surface area contributed by atoms with Crippen molar-refractivity contribution < 1.29 is 9.47 Å². The summed E-state index contributed by atoms with van der Waals surface area (Å²) in [6.07, 6.45) is 0. The molecule has 0 spiro atoms. The Bertz CT molecular complexity index is 738. The lowest BCUT2D eigenvalue weighted by Crippen LogP contribution is -2.40. The van der Waals surface area contributed by atoms with Gasteiger partial charge in [-0.3, -0.25) is 0 Å². The second-order valence-electron chi connectivity index (χ2n) is 5.59. The summed E-state index contributed by atoms with van der Waals surface area (Å²) in [7, 11) is 0. The van der Waals surface area contributed by atoms with E-state index in [1.165, 1.54) is 0 Å². The molecule has 1 aliphatic rings. The summed E-state index contributed by atoms with van der Waals surface area (Å²) in [5, 5.41) is 1.56. The van der Waals surface area contributed by atoms with Crippen LogP contribution in [-0.4, -0.2) is 36.2 Å². The molecule has 1 saturated heterocycles. The van der Waals surface area contributed by atoms with Gasteiger partial charge in [-0.05, 0) is 29.8 Å². The first-order valence-electron chi connectivity index (χ1n) is 7.78. The summed E-state index contributed by atoms with van der Waals surface area (Å²) in [4.78, 5) is 2.81. The predicted octanol–water partition coefficient (Wildman–Crippen LogP) is 5.23. The van der Waals surface area contributed by atoms with Crippen LogP contribution in [0.25, 0.3) is 0 Å². The fourth-order valence-electron chi connectivity index (χ4n) is 2.51. The zero-order valence-electron chi connectivity index (χ0n) is 13.3. The maximum absolute atomic E-state index is 6.38. The van der Waals surface area contributed by atoms with Gasteiger partial charge in [-0.15, -0.1) is 0 Å². The molecule has 3 rings (SSSR count). The van der Waals surface area contributed by atoms with Crippen molar-refractivity contribution in [3.63, 3.8) is 0 Å². The van der Waals surface area contributed by atoms with Gasteiger partial charge >= 0.3 is 0 Å². The minimum absolute atomic E-state index is 0.351. The molecule has 0 amide bonds. The van der Waals surface area contributed by atoms with Gasteiger partial charge in [0.05, 0.1) is 23.3 Å². The van der Waals surface area contributed by atoms with E-state index >= 15 is 0 Å². The van der Waals surface area contributed by atoms with Crippen molar-refractivity contribution in [3.8, 4) is 5.75 Å². The lowest BCUT2D eigenvalue weighted by atomic mass is 10.2. The molecule has 1 heterocycles. The van der Waals surface area contributed by atoms with E-state index in [9.17, 15) is 0 Å². The molecule has 0 bridgehead atoms. The lowest BCUT2D eigenvalue weighted by molar-refractivity contribution is 0.0693. The minimum atomic E-state index is 0.351. The highest BCUT2D eigenvalue weighted by Gasteiger charge is 2.18. The second kappa shape index (κ2) is 8.56. The molecule has 0 unspecified atom stereocenters. The van der Waals surface area contributed by atoms with Crippen molar-refractivity contribution in [3.05, 3.63) is 62.6 Å². The lowest BCUT2D eigenvalue weighted by Gasteiger charge is -2.29. The highest BCUT2D eigenvalue weighted by Crippen LogP contribution is 2.35. The average molecular weight is 417 g/mol. The Morgan fingerprint density at radius 1 is 1.04 bits per heavy atom. The van der Waals surface area contributed by atoms with Crippen molar-refractivity contribution >= 4 is 52.0 Å². The first-order valence-corrected chi connectivity index (χ1v) is 9.32. The van der Waals surface area contributed by atoms with Gasteiger partial charge in [-0.1, -0.05) is 59.2 Å². The molecule has 0 saturated carbocycles. The molecule has 3 nitrogen and oxygen atoms in total. The van der Waals surface area contributed by atoms with Gasteiger partial charge in [0.15, 0.2) is 5.75 Å². The largest absolute Gasteiger partial charge is 0.486 e. The highest BCUT2D eigenvalue weighted by atomic mass is 35.5. The van der Waals surface area contributed by atoms with Crippen LogP contribution in [0.1, 0.15) is 11.1 Å². The average Bonchev–Trinajstić information content (AvgIpc) is 2.62. The molecular weight excluding hydrogens is 401 g/mol. The summed E-state index contributed by atoms with van der Waals surface area (Å²) in [5.74, 6) is 0.451. The van der Waals surface area contributed by atoms with Crippen molar-refractivity contribution in [2.75, 3.05) is 26.3 Å². The first-order chi connectivity index (χ1) is 12.0. The third-order valence-electron chi connectivity index (χ3n) is 3.84. The first kappa shape index (κ1) is 18.7. The Morgan fingerprint density at radius 3 is 2.24 bits per heavy atom. The Kier molecular flexibility index (Phi) is 6.42. The van der Waals surface area contributed by atoms with Gasteiger partial charge in [0, 0.05) is 23.7 Å². The van der Waals surface area contributed by atoms with Gasteiger partial charge in [0.1, 0.15) is 11.6 Å². The van der Waals surface area contributed by atoms with Crippen LogP contribution >= 0.6 is 47.0 Å². The van der Waals surface area contributed by atoms with E-state index in [1.54, 1.807) is 12.1 Å². The van der Waals surface area contributed by atoms with E-state index in [-0.39, 0.29) is 0 Å². The normalized spacial score (nSPS) is 14.4. The van der Waals surface area contributed by atoms with Crippen LogP contribution < -0.4 is 4.74 Å². The SMILES string of the molecule is S=C(c1cc(Cl)c(OCc2ccc(Cl)cc2)c(Cl)c1)N1CCOCC1. The number of ether oxygens (including phenoxy) is 2. The van der Waals surface area contributed by atoms with E-state index in [1.807, 2.05) is 24.3 Å². The summed E-state index contributed by atoms with van der Waals surface area (Å²) < 4.78 is 11.1. The van der Waals surface area contributed by atoms with Crippen LogP contribution in [0.15, 0.2) is 36.4 Å². The number of rotatable bonds is 4. The predicted molar refractivity (Wildman–Crippen MR) is 106 cm³/mol. The number of halogens is 3. The van der Waals surface area contributed by atoms with Crippen LogP contribution in [-0.2, 0) is 11.3 Å². The molecule has 0 aliphatic carbocycles. The molecule has 25 heavy (non-hydrogen) atoms.